The minimum atomic E-state index is 0.0413. The Morgan fingerprint density at radius 1 is 1.56 bits per heavy atom. The quantitative estimate of drug-likeness (QED) is 0.803. The van der Waals surface area contributed by atoms with Crippen molar-refractivity contribution >= 4 is 21.7 Å². The Bertz CT molecular complexity index is 460. The van der Waals surface area contributed by atoms with Gasteiger partial charge in [-0.1, -0.05) is 29.8 Å². The van der Waals surface area contributed by atoms with E-state index in [9.17, 15) is 4.79 Å². The second-order valence-electron chi connectivity index (χ2n) is 4.98. The number of anilines is 1. The van der Waals surface area contributed by atoms with Crippen molar-refractivity contribution in [1.29, 1.82) is 0 Å². The highest BCUT2D eigenvalue weighted by Crippen LogP contribution is 2.24. The van der Waals surface area contributed by atoms with Gasteiger partial charge in [-0.15, -0.1) is 0 Å². The summed E-state index contributed by atoms with van der Waals surface area (Å²) in [6.07, 6.45) is 5.53. The fourth-order valence-electron chi connectivity index (χ4n) is 2.38. The molecule has 5 heteroatoms. The molecule has 2 atom stereocenters. The Morgan fingerprint density at radius 3 is 3.00 bits per heavy atom. The number of aromatic nitrogens is 2. The van der Waals surface area contributed by atoms with E-state index in [1.54, 1.807) is 17.0 Å². The Hall–Kier alpha value is -0.840. The van der Waals surface area contributed by atoms with E-state index in [4.69, 9.17) is 0 Å². The molecule has 1 fully saturated rings. The molecular weight excluding hydrogens is 294 g/mol. The maximum Gasteiger partial charge on any atom is 0.293 e. The number of piperidine rings is 1. The summed E-state index contributed by atoms with van der Waals surface area (Å²) in [5, 5.41) is 0. The Morgan fingerprint density at radius 2 is 2.33 bits per heavy atom. The molecule has 100 valence electrons. The number of aryl methyl sites for hydroxylation is 1. The number of hydrogen-bond donors (Lipinski definition) is 0. The number of nitrogens with zero attached hydrogens (tertiary/aromatic N) is 3. The van der Waals surface area contributed by atoms with Crippen LogP contribution < -0.4 is 10.5 Å². The van der Waals surface area contributed by atoms with Gasteiger partial charge in [0.2, 0.25) is 0 Å². The van der Waals surface area contributed by atoms with Crippen molar-refractivity contribution in [2.24, 2.45) is 5.92 Å². The van der Waals surface area contributed by atoms with Crippen LogP contribution in [0.25, 0.3) is 0 Å². The van der Waals surface area contributed by atoms with Crippen LogP contribution in [0.5, 0.6) is 0 Å². The van der Waals surface area contributed by atoms with Crippen LogP contribution in [0.1, 0.15) is 26.7 Å². The molecule has 0 aromatic carbocycles. The van der Waals surface area contributed by atoms with Gasteiger partial charge in [0.25, 0.3) is 5.56 Å². The maximum absolute atomic E-state index is 12.3. The van der Waals surface area contributed by atoms with E-state index in [0.29, 0.717) is 16.6 Å². The first-order valence-electron chi connectivity index (χ1n) is 6.58. The Kier molecular flexibility index (Phi) is 4.43. The standard InChI is InChI=1S/C13H20BrN3O/c1-3-6-16-8-5-15-12(13(16)18)17-7-4-11(14)10(2)9-17/h5,8,10-11H,3-4,6-7,9H2,1-2H3. The van der Waals surface area contributed by atoms with E-state index in [1.165, 1.54) is 0 Å². The van der Waals surface area contributed by atoms with Gasteiger partial charge in [-0.3, -0.25) is 4.79 Å². The van der Waals surface area contributed by atoms with Gasteiger partial charge in [0.1, 0.15) is 0 Å². The van der Waals surface area contributed by atoms with Crippen LogP contribution in [0.2, 0.25) is 0 Å². The van der Waals surface area contributed by atoms with Gasteiger partial charge in [0.05, 0.1) is 0 Å². The SMILES string of the molecule is CCCn1ccnc(N2CCC(Br)C(C)C2)c1=O. The van der Waals surface area contributed by atoms with Crippen LogP contribution in [0.15, 0.2) is 17.2 Å². The molecule has 0 saturated carbocycles. The molecule has 1 aromatic rings. The van der Waals surface area contributed by atoms with Crippen molar-refractivity contribution in [2.45, 2.75) is 38.1 Å². The third-order valence-corrected chi connectivity index (χ3v) is 4.82. The normalized spacial score (nSPS) is 24.3. The molecule has 0 aliphatic carbocycles. The van der Waals surface area contributed by atoms with E-state index < -0.39 is 0 Å². The van der Waals surface area contributed by atoms with Gasteiger partial charge in [-0.2, -0.15) is 0 Å². The van der Waals surface area contributed by atoms with Crippen molar-refractivity contribution in [3.8, 4) is 0 Å². The molecule has 1 aliphatic rings. The highest BCUT2D eigenvalue weighted by Gasteiger charge is 2.26. The second-order valence-corrected chi connectivity index (χ2v) is 6.15. The molecule has 0 N–H and O–H groups in total. The monoisotopic (exact) mass is 313 g/mol. The number of alkyl halides is 1. The average molecular weight is 314 g/mol. The van der Waals surface area contributed by atoms with E-state index in [2.05, 4.69) is 39.7 Å². The van der Waals surface area contributed by atoms with Crippen LogP contribution in [-0.4, -0.2) is 27.5 Å². The summed E-state index contributed by atoms with van der Waals surface area (Å²) in [6.45, 7) is 6.84. The third kappa shape index (κ3) is 2.76. The molecule has 2 unspecified atom stereocenters. The van der Waals surface area contributed by atoms with Gasteiger partial charge in [-0.05, 0) is 18.8 Å². The highest BCUT2D eigenvalue weighted by molar-refractivity contribution is 9.09. The largest absolute Gasteiger partial charge is 0.352 e. The fourth-order valence-corrected chi connectivity index (χ4v) is 2.75. The zero-order chi connectivity index (χ0) is 13.1. The van der Waals surface area contributed by atoms with Crippen LogP contribution >= 0.6 is 15.9 Å². The predicted octanol–water partition coefficient (Wildman–Crippen LogP) is 2.26. The summed E-state index contributed by atoms with van der Waals surface area (Å²) in [5.74, 6) is 1.15. The van der Waals surface area contributed by atoms with Crippen LogP contribution in [0.4, 0.5) is 5.82 Å². The van der Waals surface area contributed by atoms with Gasteiger partial charge in [-0.25, -0.2) is 4.98 Å². The summed E-state index contributed by atoms with van der Waals surface area (Å²) >= 11 is 3.68. The lowest BCUT2D eigenvalue weighted by Gasteiger charge is -2.34. The summed E-state index contributed by atoms with van der Waals surface area (Å²) in [6, 6.07) is 0. The Labute approximate surface area is 116 Å². The lowest BCUT2D eigenvalue weighted by Crippen LogP contribution is -2.43. The average Bonchev–Trinajstić information content (AvgIpc) is 2.36. The minimum absolute atomic E-state index is 0.0413. The highest BCUT2D eigenvalue weighted by atomic mass is 79.9. The molecule has 1 aromatic heterocycles. The van der Waals surface area contributed by atoms with Crippen LogP contribution in [0, 0.1) is 5.92 Å². The maximum atomic E-state index is 12.3. The predicted molar refractivity (Wildman–Crippen MR) is 77.5 cm³/mol. The molecule has 0 spiro atoms. The smallest absolute Gasteiger partial charge is 0.293 e. The molecule has 0 radical (unpaired) electrons. The number of hydrogen-bond acceptors (Lipinski definition) is 3. The lowest BCUT2D eigenvalue weighted by molar-refractivity contribution is 0.461. The second kappa shape index (κ2) is 5.87. The van der Waals surface area contributed by atoms with Gasteiger partial charge in [0.15, 0.2) is 5.82 Å². The molecule has 1 aliphatic heterocycles. The fraction of sp³-hybridized carbons (Fsp3) is 0.692. The molecule has 0 amide bonds. The van der Waals surface area contributed by atoms with Crippen LogP contribution in [-0.2, 0) is 6.54 Å². The first-order valence-corrected chi connectivity index (χ1v) is 7.49. The summed E-state index contributed by atoms with van der Waals surface area (Å²) in [5.41, 5.74) is 0.0413. The van der Waals surface area contributed by atoms with E-state index in [0.717, 1.165) is 32.5 Å². The number of halogens is 1. The van der Waals surface area contributed by atoms with Crippen molar-refractivity contribution in [2.75, 3.05) is 18.0 Å². The zero-order valence-electron chi connectivity index (χ0n) is 11.0. The lowest BCUT2D eigenvalue weighted by atomic mass is 10.0. The van der Waals surface area contributed by atoms with Crippen molar-refractivity contribution in [3.63, 3.8) is 0 Å². The van der Waals surface area contributed by atoms with Crippen molar-refractivity contribution in [3.05, 3.63) is 22.7 Å². The Balaban J connectivity index is 2.23. The molecule has 2 heterocycles. The van der Waals surface area contributed by atoms with Crippen molar-refractivity contribution in [1.82, 2.24) is 9.55 Å². The van der Waals surface area contributed by atoms with Gasteiger partial charge >= 0.3 is 0 Å². The molecule has 4 nitrogen and oxygen atoms in total. The van der Waals surface area contributed by atoms with E-state index >= 15 is 0 Å². The summed E-state index contributed by atoms with van der Waals surface area (Å²) < 4.78 is 1.76. The molecule has 18 heavy (non-hydrogen) atoms. The van der Waals surface area contributed by atoms with Gasteiger partial charge < -0.3 is 9.47 Å². The van der Waals surface area contributed by atoms with E-state index in [-0.39, 0.29) is 5.56 Å². The molecule has 1 saturated heterocycles. The first kappa shape index (κ1) is 13.6. The van der Waals surface area contributed by atoms with Crippen LogP contribution in [0.3, 0.4) is 0 Å². The minimum Gasteiger partial charge on any atom is -0.352 e. The summed E-state index contributed by atoms with van der Waals surface area (Å²) in [4.78, 5) is 19.2. The molecular formula is C13H20BrN3O. The molecule has 2 rings (SSSR count). The zero-order valence-corrected chi connectivity index (χ0v) is 12.6. The van der Waals surface area contributed by atoms with Gasteiger partial charge in [0, 0.05) is 36.9 Å². The third-order valence-electron chi connectivity index (χ3n) is 3.46. The van der Waals surface area contributed by atoms with Crippen molar-refractivity contribution < 1.29 is 0 Å². The molecule has 0 bridgehead atoms. The summed E-state index contributed by atoms with van der Waals surface area (Å²) in [7, 11) is 0. The number of rotatable bonds is 3. The first-order chi connectivity index (χ1) is 8.63. The topological polar surface area (TPSA) is 38.1 Å². The van der Waals surface area contributed by atoms with E-state index in [1.807, 2.05) is 0 Å².